The normalized spacial score (nSPS) is 11.1. The lowest BCUT2D eigenvalue weighted by Crippen LogP contribution is -2.34. The van der Waals surface area contributed by atoms with Gasteiger partial charge in [0.25, 0.3) is 0 Å². The summed E-state index contributed by atoms with van der Waals surface area (Å²) in [6, 6.07) is 13.6. The Morgan fingerprint density at radius 1 is 0.923 bits per heavy atom. The molecule has 2 aromatic carbocycles. The van der Waals surface area contributed by atoms with Gasteiger partial charge in [-0.05, 0) is 36.2 Å². The smallest absolute Gasteiger partial charge is 0.228 e. The summed E-state index contributed by atoms with van der Waals surface area (Å²) in [5.41, 5.74) is 6.07. The summed E-state index contributed by atoms with van der Waals surface area (Å²) in [7, 11) is 0. The number of carbonyl (C=O) groups excluding carboxylic acids is 1. The minimum absolute atomic E-state index is 0.0846. The predicted molar refractivity (Wildman–Crippen MR) is 165 cm³/mol. The van der Waals surface area contributed by atoms with Crippen molar-refractivity contribution < 1.29 is 14.1 Å². The molecule has 0 fully saturated rings. The Morgan fingerprint density at radius 2 is 1.62 bits per heavy atom. The SMILES string of the molecule is CCCCCCCCCCCCCCOc1ccc(CC(=O)Nc2cccc(C[n+]3cscc3C)c2)c(Cl)c1. The number of aryl methyl sites for hydroxylation is 1. The summed E-state index contributed by atoms with van der Waals surface area (Å²) in [5, 5.41) is 5.71. The van der Waals surface area contributed by atoms with E-state index in [1.165, 1.54) is 76.3 Å². The number of ether oxygens (including phenoxy) is 1. The average Bonchev–Trinajstić information content (AvgIpc) is 3.32. The molecule has 0 spiro atoms. The Balaban J connectivity index is 1.30. The summed E-state index contributed by atoms with van der Waals surface area (Å²) in [4.78, 5) is 12.7. The van der Waals surface area contributed by atoms with Crippen molar-refractivity contribution in [2.24, 2.45) is 0 Å². The van der Waals surface area contributed by atoms with Crippen LogP contribution in [0.3, 0.4) is 0 Å². The molecule has 212 valence electrons. The number of carbonyl (C=O) groups is 1. The van der Waals surface area contributed by atoms with Crippen LogP contribution in [0, 0.1) is 6.92 Å². The van der Waals surface area contributed by atoms with Crippen molar-refractivity contribution in [2.75, 3.05) is 11.9 Å². The van der Waals surface area contributed by atoms with Gasteiger partial charge in [-0.3, -0.25) is 4.79 Å². The van der Waals surface area contributed by atoms with Gasteiger partial charge in [-0.15, -0.1) is 0 Å². The van der Waals surface area contributed by atoms with Gasteiger partial charge in [0.05, 0.1) is 18.4 Å². The van der Waals surface area contributed by atoms with Crippen LogP contribution in [0.5, 0.6) is 5.75 Å². The summed E-state index contributed by atoms with van der Waals surface area (Å²) in [6.07, 6.45) is 16.2. The number of anilines is 1. The quantitative estimate of drug-likeness (QED) is 0.115. The van der Waals surface area contributed by atoms with Crippen molar-refractivity contribution in [1.82, 2.24) is 0 Å². The number of amides is 1. The van der Waals surface area contributed by atoms with Gasteiger partial charge in [0.2, 0.25) is 11.4 Å². The number of benzene rings is 2. The van der Waals surface area contributed by atoms with Crippen LogP contribution in [-0.4, -0.2) is 12.5 Å². The lowest BCUT2D eigenvalue weighted by molar-refractivity contribution is -0.689. The molecule has 6 heteroatoms. The van der Waals surface area contributed by atoms with Gasteiger partial charge in [-0.1, -0.05) is 119 Å². The molecule has 1 N–H and O–H groups in total. The second-order valence-electron chi connectivity index (χ2n) is 10.5. The fourth-order valence-electron chi connectivity index (χ4n) is 4.73. The van der Waals surface area contributed by atoms with E-state index in [9.17, 15) is 4.79 Å². The molecule has 0 bridgehead atoms. The molecule has 0 radical (unpaired) electrons. The standard InChI is InChI=1S/C33H45ClN2O2S/c1-3-4-5-6-7-8-9-10-11-12-13-14-20-38-31-19-18-29(32(34)23-31)22-33(37)35-30-17-15-16-28(21-30)24-36-26-39-25-27(36)2/h15-19,21,23,25-26H,3-14,20,22,24H2,1-2H3/p+1. The van der Waals surface area contributed by atoms with Crippen LogP contribution in [0.25, 0.3) is 0 Å². The van der Waals surface area contributed by atoms with E-state index in [0.29, 0.717) is 11.6 Å². The summed E-state index contributed by atoms with van der Waals surface area (Å²) in [6.45, 7) is 5.86. The first-order chi connectivity index (χ1) is 19.0. The number of rotatable bonds is 19. The van der Waals surface area contributed by atoms with E-state index in [1.54, 1.807) is 11.3 Å². The number of nitrogens with zero attached hydrogens (tertiary/aromatic N) is 1. The molecular formula is C33H46ClN2O2S+. The third-order valence-corrected chi connectivity index (χ3v) is 8.29. The van der Waals surface area contributed by atoms with Crippen molar-refractivity contribution in [2.45, 2.75) is 104 Å². The topological polar surface area (TPSA) is 42.2 Å². The highest BCUT2D eigenvalue weighted by atomic mass is 35.5. The lowest BCUT2D eigenvalue weighted by Gasteiger charge is -2.10. The molecular weight excluding hydrogens is 524 g/mol. The molecule has 1 amide bonds. The number of thiazole rings is 1. The number of aromatic nitrogens is 1. The van der Waals surface area contributed by atoms with Crippen molar-refractivity contribution in [3.8, 4) is 5.75 Å². The van der Waals surface area contributed by atoms with E-state index in [1.807, 2.05) is 36.4 Å². The van der Waals surface area contributed by atoms with Gasteiger partial charge >= 0.3 is 0 Å². The first-order valence-electron chi connectivity index (χ1n) is 14.8. The average molecular weight is 570 g/mol. The van der Waals surface area contributed by atoms with Crippen molar-refractivity contribution >= 4 is 34.5 Å². The first-order valence-corrected chi connectivity index (χ1v) is 16.1. The first kappa shape index (κ1) is 31.2. The second-order valence-corrected chi connectivity index (χ2v) is 11.7. The Kier molecular flexibility index (Phi) is 14.4. The number of nitrogens with one attached hydrogen (secondary N) is 1. The summed E-state index contributed by atoms with van der Waals surface area (Å²) >= 11 is 8.18. The van der Waals surface area contributed by atoms with E-state index >= 15 is 0 Å². The molecule has 39 heavy (non-hydrogen) atoms. The molecule has 3 rings (SSSR count). The van der Waals surface area contributed by atoms with Crippen LogP contribution in [0.1, 0.15) is 101 Å². The maximum atomic E-state index is 12.7. The van der Waals surface area contributed by atoms with E-state index in [-0.39, 0.29) is 12.3 Å². The van der Waals surface area contributed by atoms with Crippen molar-refractivity contribution in [3.63, 3.8) is 0 Å². The molecule has 0 unspecified atom stereocenters. The van der Waals surface area contributed by atoms with Gasteiger partial charge < -0.3 is 10.1 Å². The number of hydrogen-bond donors (Lipinski definition) is 1. The summed E-state index contributed by atoms with van der Waals surface area (Å²) in [5.74, 6) is 0.680. The van der Waals surface area contributed by atoms with E-state index in [0.717, 1.165) is 35.5 Å². The van der Waals surface area contributed by atoms with E-state index in [2.05, 4.69) is 40.7 Å². The molecule has 0 aliphatic rings. The highest BCUT2D eigenvalue weighted by Gasteiger charge is 2.11. The molecule has 0 saturated heterocycles. The highest BCUT2D eigenvalue weighted by molar-refractivity contribution is 7.07. The third-order valence-electron chi connectivity index (χ3n) is 7.09. The van der Waals surface area contributed by atoms with Crippen LogP contribution >= 0.6 is 22.9 Å². The van der Waals surface area contributed by atoms with Crippen LogP contribution in [0.2, 0.25) is 5.02 Å². The van der Waals surface area contributed by atoms with Crippen LogP contribution in [0.4, 0.5) is 5.69 Å². The zero-order chi connectivity index (χ0) is 27.7. The molecule has 0 saturated carbocycles. The number of unbranched alkanes of at least 4 members (excludes halogenated alkanes) is 11. The van der Waals surface area contributed by atoms with Gasteiger partial charge in [0.1, 0.15) is 5.75 Å². The molecule has 1 heterocycles. The Labute approximate surface area is 244 Å². The van der Waals surface area contributed by atoms with Crippen molar-refractivity contribution in [3.05, 3.63) is 75.2 Å². The molecule has 3 aromatic rings. The van der Waals surface area contributed by atoms with Crippen LogP contribution < -0.4 is 14.6 Å². The van der Waals surface area contributed by atoms with Crippen LogP contribution in [-0.2, 0) is 17.8 Å². The maximum absolute atomic E-state index is 12.7. The fraction of sp³-hybridized carbons (Fsp3) is 0.515. The zero-order valence-corrected chi connectivity index (χ0v) is 25.4. The Morgan fingerprint density at radius 3 is 2.26 bits per heavy atom. The molecule has 1 aromatic heterocycles. The van der Waals surface area contributed by atoms with Crippen LogP contribution in [0.15, 0.2) is 53.4 Å². The number of hydrogen-bond acceptors (Lipinski definition) is 3. The van der Waals surface area contributed by atoms with Crippen molar-refractivity contribution in [1.29, 1.82) is 0 Å². The fourth-order valence-corrected chi connectivity index (χ4v) is 5.75. The van der Waals surface area contributed by atoms with E-state index < -0.39 is 0 Å². The number of halogens is 1. The van der Waals surface area contributed by atoms with Gasteiger partial charge in [-0.25, -0.2) is 0 Å². The molecule has 0 aliphatic carbocycles. The monoisotopic (exact) mass is 569 g/mol. The van der Waals surface area contributed by atoms with E-state index in [4.69, 9.17) is 16.3 Å². The highest BCUT2D eigenvalue weighted by Crippen LogP contribution is 2.24. The Bertz CT molecular complexity index is 1130. The largest absolute Gasteiger partial charge is 0.494 e. The van der Waals surface area contributed by atoms with Gasteiger partial charge in [-0.2, -0.15) is 4.57 Å². The lowest BCUT2D eigenvalue weighted by atomic mass is 10.1. The molecule has 0 aliphatic heterocycles. The van der Waals surface area contributed by atoms with Gasteiger partial charge in [0, 0.05) is 23.2 Å². The molecule has 0 atom stereocenters. The maximum Gasteiger partial charge on any atom is 0.228 e. The predicted octanol–water partition coefficient (Wildman–Crippen LogP) is 9.31. The molecule has 4 nitrogen and oxygen atoms in total. The summed E-state index contributed by atoms with van der Waals surface area (Å²) < 4.78 is 8.11. The zero-order valence-electron chi connectivity index (χ0n) is 23.9. The minimum atomic E-state index is -0.0846. The van der Waals surface area contributed by atoms with Gasteiger partial charge in [0.15, 0.2) is 12.2 Å². The Hall–Kier alpha value is -2.37. The third kappa shape index (κ3) is 12.1. The minimum Gasteiger partial charge on any atom is -0.494 e. The second kappa shape index (κ2) is 18.1.